The van der Waals surface area contributed by atoms with Crippen LogP contribution in [0.25, 0.3) is 11.1 Å². The number of ether oxygens (including phenoxy) is 2. The predicted octanol–water partition coefficient (Wildman–Crippen LogP) is 3.43. The smallest absolute Gasteiger partial charge is 0.332 e. The minimum Gasteiger partial charge on any atom is -0.459 e. The quantitative estimate of drug-likeness (QED) is 0.754. The number of rotatable bonds is 6. The third-order valence-electron chi connectivity index (χ3n) is 2.88. The zero-order chi connectivity index (χ0) is 14.2. The molecule has 0 heterocycles. The van der Waals surface area contributed by atoms with Crippen LogP contribution in [0.15, 0.2) is 54.6 Å². The van der Waals surface area contributed by atoms with Crippen molar-refractivity contribution >= 4 is 5.97 Å². The SMILES string of the molecule is CCOCC(=O)OCc1ccc(-c2ccccc2)cc1. The van der Waals surface area contributed by atoms with Gasteiger partial charge in [-0.3, -0.25) is 0 Å². The first kappa shape index (κ1) is 14.3. The summed E-state index contributed by atoms with van der Waals surface area (Å²) >= 11 is 0. The van der Waals surface area contributed by atoms with Crippen molar-refractivity contribution in [3.05, 3.63) is 60.2 Å². The van der Waals surface area contributed by atoms with E-state index in [4.69, 9.17) is 9.47 Å². The second-order valence-corrected chi connectivity index (χ2v) is 4.36. The Hall–Kier alpha value is -2.13. The molecule has 0 fully saturated rings. The molecule has 0 saturated heterocycles. The third-order valence-corrected chi connectivity index (χ3v) is 2.88. The monoisotopic (exact) mass is 270 g/mol. The first-order chi connectivity index (χ1) is 9.79. The summed E-state index contributed by atoms with van der Waals surface area (Å²) in [5.41, 5.74) is 3.29. The summed E-state index contributed by atoms with van der Waals surface area (Å²) in [4.78, 5) is 11.3. The van der Waals surface area contributed by atoms with E-state index >= 15 is 0 Å². The van der Waals surface area contributed by atoms with Gasteiger partial charge >= 0.3 is 5.97 Å². The van der Waals surface area contributed by atoms with Gasteiger partial charge in [-0.15, -0.1) is 0 Å². The van der Waals surface area contributed by atoms with Crippen molar-refractivity contribution in [3.63, 3.8) is 0 Å². The Kier molecular flexibility index (Phi) is 5.33. The lowest BCUT2D eigenvalue weighted by Gasteiger charge is -2.06. The molecule has 104 valence electrons. The Balaban J connectivity index is 1.90. The van der Waals surface area contributed by atoms with Gasteiger partial charge in [-0.05, 0) is 23.6 Å². The van der Waals surface area contributed by atoms with E-state index in [-0.39, 0.29) is 19.2 Å². The fourth-order valence-corrected chi connectivity index (χ4v) is 1.81. The van der Waals surface area contributed by atoms with Gasteiger partial charge in [0.25, 0.3) is 0 Å². The Labute approximate surface area is 119 Å². The van der Waals surface area contributed by atoms with Crippen molar-refractivity contribution < 1.29 is 14.3 Å². The number of carbonyl (C=O) groups excluding carboxylic acids is 1. The molecule has 0 saturated carbocycles. The lowest BCUT2D eigenvalue weighted by atomic mass is 10.0. The van der Waals surface area contributed by atoms with Gasteiger partial charge in [0.1, 0.15) is 13.2 Å². The first-order valence-corrected chi connectivity index (χ1v) is 6.67. The molecular weight excluding hydrogens is 252 g/mol. The zero-order valence-corrected chi connectivity index (χ0v) is 11.5. The van der Waals surface area contributed by atoms with Gasteiger partial charge in [0.15, 0.2) is 0 Å². The molecule has 0 bridgehead atoms. The summed E-state index contributed by atoms with van der Waals surface area (Å²) in [6.45, 7) is 2.65. The fraction of sp³-hybridized carbons (Fsp3) is 0.235. The molecular formula is C17H18O3. The molecule has 0 aliphatic rings. The molecule has 3 heteroatoms. The van der Waals surface area contributed by atoms with Crippen LogP contribution in [0.1, 0.15) is 12.5 Å². The zero-order valence-electron chi connectivity index (χ0n) is 11.5. The Bertz CT molecular complexity index is 532. The first-order valence-electron chi connectivity index (χ1n) is 6.67. The average Bonchev–Trinajstić information content (AvgIpc) is 2.52. The largest absolute Gasteiger partial charge is 0.459 e. The number of hydrogen-bond acceptors (Lipinski definition) is 3. The maximum absolute atomic E-state index is 11.3. The highest BCUT2D eigenvalue weighted by Crippen LogP contribution is 2.19. The summed E-state index contributed by atoms with van der Waals surface area (Å²) < 4.78 is 10.1. The molecule has 0 N–H and O–H groups in total. The van der Waals surface area contributed by atoms with Gasteiger partial charge in [-0.2, -0.15) is 0 Å². The molecule has 3 nitrogen and oxygen atoms in total. The Morgan fingerprint density at radius 1 is 0.950 bits per heavy atom. The van der Waals surface area contributed by atoms with Crippen LogP contribution in [-0.4, -0.2) is 19.2 Å². The second-order valence-electron chi connectivity index (χ2n) is 4.36. The molecule has 2 rings (SSSR count). The van der Waals surface area contributed by atoms with Gasteiger partial charge in [-0.1, -0.05) is 54.6 Å². The van der Waals surface area contributed by atoms with E-state index in [2.05, 4.69) is 12.1 Å². The highest BCUT2D eigenvalue weighted by Gasteiger charge is 2.03. The molecule has 0 aromatic heterocycles. The van der Waals surface area contributed by atoms with Crippen molar-refractivity contribution in [2.75, 3.05) is 13.2 Å². The van der Waals surface area contributed by atoms with Gasteiger partial charge in [0.05, 0.1) is 0 Å². The van der Waals surface area contributed by atoms with Gasteiger partial charge in [0.2, 0.25) is 0 Å². The normalized spacial score (nSPS) is 10.2. The van der Waals surface area contributed by atoms with Crippen molar-refractivity contribution in [2.45, 2.75) is 13.5 Å². The van der Waals surface area contributed by atoms with E-state index in [1.54, 1.807) is 0 Å². The number of benzene rings is 2. The fourth-order valence-electron chi connectivity index (χ4n) is 1.81. The highest BCUT2D eigenvalue weighted by molar-refractivity contribution is 5.70. The van der Waals surface area contributed by atoms with Crippen LogP contribution in [0, 0.1) is 0 Å². The number of esters is 1. The third kappa shape index (κ3) is 4.21. The molecule has 0 aliphatic heterocycles. The van der Waals surface area contributed by atoms with Crippen LogP contribution in [0.2, 0.25) is 0 Å². The molecule has 0 amide bonds. The average molecular weight is 270 g/mol. The number of carbonyl (C=O) groups is 1. The van der Waals surface area contributed by atoms with Crippen LogP contribution >= 0.6 is 0 Å². The highest BCUT2D eigenvalue weighted by atomic mass is 16.6. The Morgan fingerprint density at radius 3 is 2.25 bits per heavy atom. The maximum atomic E-state index is 11.3. The summed E-state index contributed by atoms with van der Waals surface area (Å²) in [6, 6.07) is 18.1. The molecule has 0 radical (unpaired) electrons. The van der Waals surface area contributed by atoms with E-state index < -0.39 is 0 Å². The molecule has 20 heavy (non-hydrogen) atoms. The molecule has 2 aromatic carbocycles. The van der Waals surface area contributed by atoms with Crippen LogP contribution in [0.5, 0.6) is 0 Å². The summed E-state index contributed by atoms with van der Waals surface area (Å²) in [5, 5.41) is 0. The van der Waals surface area contributed by atoms with Gasteiger partial charge in [-0.25, -0.2) is 4.79 Å². The summed E-state index contributed by atoms with van der Waals surface area (Å²) in [5.74, 6) is -0.334. The van der Waals surface area contributed by atoms with E-state index in [1.165, 1.54) is 5.56 Å². The van der Waals surface area contributed by atoms with E-state index in [0.29, 0.717) is 6.61 Å². The van der Waals surface area contributed by atoms with Crippen LogP contribution < -0.4 is 0 Å². The second kappa shape index (κ2) is 7.46. The van der Waals surface area contributed by atoms with E-state index in [0.717, 1.165) is 11.1 Å². The van der Waals surface area contributed by atoms with Gasteiger partial charge < -0.3 is 9.47 Å². The van der Waals surface area contributed by atoms with Gasteiger partial charge in [0, 0.05) is 6.61 Å². The maximum Gasteiger partial charge on any atom is 0.332 e. The van der Waals surface area contributed by atoms with Crippen molar-refractivity contribution in [1.82, 2.24) is 0 Å². The Morgan fingerprint density at radius 2 is 1.60 bits per heavy atom. The van der Waals surface area contributed by atoms with Crippen LogP contribution in [-0.2, 0) is 20.9 Å². The number of hydrogen-bond donors (Lipinski definition) is 0. The predicted molar refractivity (Wildman–Crippen MR) is 78.2 cm³/mol. The molecule has 0 unspecified atom stereocenters. The van der Waals surface area contributed by atoms with Crippen molar-refractivity contribution in [3.8, 4) is 11.1 Å². The summed E-state index contributed by atoms with van der Waals surface area (Å²) in [7, 11) is 0. The molecule has 0 spiro atoms. The standard InChI is InChI=1S/C17H18O3/c1-2-19-13-17(18)20-12-14-8-10-16(11-9-14)15-6-4-3-5-7-15/h3-11H,2,12-13H2,1H3. The van der Waals surface area contributed by atoms with E-state index in [1.807, 2.05) is 49.4 Å². The van der Waals surface area contributed by atoms with Crippen LogP contribution in [0.4, 0.5) is 0 Å². The van der Waals surface area contributed by atoms with E-state index in [9.17, 15) is 4.79 Å². The minimum atomic E-state index is -0.334. The molecule has 2 aromatic rings. The van der Waals surface area contributed by atoms with Crippen molar-refractivity contribution in [1.29, 1.82) is 0 Å². The lowest BCUT2D eigenvalue weighted by Crippen LogP contribution is -2.12. The minimum absolute atomic E-state index is 0.0125. The topological polar surface area (TPSA) is 35.5 Å². The van der Waals surface area contributed by atoms with Crippen LogP contribution in [0.3, 0.4) is 0 Å². The molecule has 0 atom stereocenters. The summed E-state index contributed by atoms with van der Waals surface area (Å²) in [6.07, 6.45) is 0. The molecule has 0 aliphatic carbocycles. The van der Waals surface area contributed by atoms with Crippen molar-refractivity contribution in [2.24, 2.45) is 0 Å². The lowest BCUT2D eigenvalue weighted by molar-refractivity contribution is -0.150.